The highest BCUT2D eigenvalue weighted by atomic mass is 79.9. The summed E-state index contributed by atoms with van der Waals surface area (Å²) in [4.78, 5) is 2.60. The summed E-state index contributed by atoms with van der Waals surface area (Å²) in [6, 6.07) is 5.20. The first-order valence-electron chi connectivity index (χ1n) is 6.07. The SMILES string of the molecule is Cc1cc(Br)cc(C)c1CN1CCCC1C. The summed E-state index contributed by atoms with van der Waals surface area (Å²) >= 11 is 3.56. The Hall–Kier alpha value is -0.340. The number of likely N-dealkylation sites (tertiary alicyclic amines) is 1. The molecule has 88 valence electrons. The van der Waals surface area contributed by atoms with Crippen molar-refractivity contribution >= 4 is 15.9 Å². The number of nitrogens with zero attached hydrogens (tertiary/aromatic N) is 1. The van der Waals surface area contributed by atoms with Crippen LogP contribution in [0.1, 0.15) is 36.5 Å². The molecule has 1 aromatic rings. The fraction of sp³-hybridized carbons (Fsp3) is 0.571. The van der Waals surface area contributed by atoms with Gasteiger partial charge in [0.2, 0.25) is 0 Å². The average molecular weight is 282 g/mol. The summed E-state index contributed by atoms with van der Waals surface area (Å²) in [6.07, 6.45) is 2.71. The number of hydrogen-bond acceptors (Lipinski definition) is 1. The second kappa shape index (κ2) is 4.89. The summed E-state index contributed by atoms with van der Waals surface area (Å²) in [5.41, 5.74) is 4.33. The van der Waals surface area contributed by atoms with Crippen LogP contribution in [-0.2, 0) is 6.54 Å². The smallest absolute Gasteiger partial charge is 0.0241 e. The first kappa shape index (κ1) is 12.1. The Morgan fingerprint density at radius 1 is 1.31 bits per heavy atom. The maximum atomic E-state index is 3.56. The largest absolute Gasteiger partial charge is 0.296 e. The van der Waals surface area contributed by atoms with Crippen LogP contribution in [0.3, 0.4) is 0 Å². The van der Waals surface area contributed by atoms with Crippen molar-refractivity contribution in [2.75, 3.05) is 6.54 Å². The van der Waals surface area contributed by atoms with Crippen molar-refractivity contribution in [3.8, 4) is 0 Å². The molecule has 1 atom stereocenters. The van der Waals surface area contributed by atoms with E-state index < -0.39 is 0 Å². The van der Waals surface area contributed by atoms with E-state index in [1.165, 1.54) is 40.5 Å². The third-order valence-corrected chi connectivity index (χ3v) is 4.17. The van der Waals surface area contributed by atoms with E-state index in [1.807, 2.05) is 0 Å². The molecule has 1 aliphatic heterocycles. The van der Waals surface area contributed by atoms with E-state index in [4.69, 9.17) is 0 Å². The number of aryl methyl sites for hydroxylation is 2. The van der Waals surface area contributed by atoms with E-state index in [2.05, 4.69) is 53.7 Å². The summed E-state index contributed by atoms with van der Waals surface area (Å²) in [7, 11) is 0. The van der Waals surface area contributed by atoms with Gasteiger partial charge in [0.1, 0.15) is 0 Å². The molecule has 0 aromatic heterocycles. The Balaban J connectivity index is 2.21. The van der Waals surface area contributed by atoms with Crippen molar-refractivity contribution in [2.45, 2.75) is 46.2 Å². The van der Waals surface area contributed by atoms with Gasteiger partial charge in [-0.05, 0) is 69.0 Å². The van der Waals surface area contributed by atoms with Gasteiger partial charge in [-0.25, -0.2) is 0 Å². The lowest BCUT2D eigenvalue weighted by Crippen LogP contribution is -2.26. The highest BCUT2D eigenvalue weighted by Gasteiger charge is 2.21. The molecule has 1 saturated heterocycles. The standard InChI is InChI=1S/C14H20BrN/c1-10-7-13(15)8-11(2)14(10)9-16-6-4-5-12(16)3/h7-8,12H,4-6,9H2,1-3H3. The van der Waals surface area contributed by atoms with Gasteiger partial charge in [0.15, 0.2) is 0 Å². The van der Waals surface area contributed by atoms with Crippen LogP contribution < -0.4 is 0 Å². The highest BCUT2D eigenvalue weighted by molar-refractivity contribution is 9.10. The first-order chi connectivity index (χ1) is 7.58. The number of halogens is 1. The molecule has 1 aromatic carbocycles. The van der Waals surface area contributed by atoms with Gasteiger partial charge in [0.25, 0.3) is 0 Å². The van der Waals surface area contributed by atoms with Crippen LogP contribution in [0.5, 0.6) is 0 Å². The minimum Gasteiger partial charge on any atom is -0.296 e. The number of rotatable bonds is 2. The molecule has 1 fully saturated rings. The normalized spacial score (nSPS) is 21.6. The summed E-state index contributed by atoms with van der Waals surface area (Å²) < 4.78 is 1.20. The molecular weight excluding hydrogens is 262 g/mol. The predicted octanol–water partition coefficient (Wildman–Crippen LogP) is 4.05. The van der Waals surface area contributed by atoms with E-state index in [0.717, 1.165) is 12.6 Å². The zero-order valence-corrected chi connectivity index (χ0v) is 12.0. The fourth-order valence-electron chi connectivity index (χ4n) is 2.62. The van der Waals surface area contributed by atoms with E-state index in [0.29, 0.717) is 0 Å². The molecule has 0 saturated carbocycles. The fourth-order valence-corrected chi connectivity index (χ4v) is 3.31. The van der Waals surface area contributed by atoms with Gasteiger partial charge in [0, 0.05) is 17.1 Å². The lowest BCUT2D eigenvalue weighted by atomic mass is 10.0. The van der Waals surface area contributed by atoms with Crippen LogP contribution in [0, 0.1) is 13.8 Å². The molecule has 1 heterocycles. The Kier molecular flexibility index (Phi) is 3.70. The zero-order chi connectivity index (χ0) is 11.7. The van der Waals surface area contributed by atoms with E-state index in [-0.39, 0.29) is 0 Å². The number of hydrogen-bond donors (Lipinski definition) is 0. The van der Waals surface area contributed by atoms with Crippen LogP contribution in [0.25, 0.3) is 0 Å². The Morgan fingerprint density at radius 2 is 1.94 bits per heavy atom. The average Bonchev–Trinajstić information content (AvgIpc) is 2.57. The van der Waals surface area contributed by atoms with Crippen LogP contribution >= 0.6 is 15.9 Å². The third-order valence-electron chi connectivity index (χ3n) is 3.71. The molecule has 1 aliphatic rings. The molecule has 16 heavy (non-hydrogen) atoms. The topological polar surface area (TPSA) is 3.24 Å². The van der Waals surface area contributed by atoms with Crippen molar-refractivity contribution in [3.63, 3.8) is 0 Å². The van der Waals surface area contributed by atoms with Crippen molar-refractivity contribution in [1.82, 2.24) is 4.90 Å². The minimum atomic E-state index is 0.752. The van der Waals surface area contributed by atoms with Gasteiger partial charge in [-0.3, -0.25) is 4.90 Å². The van der Waals surface area contributed by atoms with Gasteiger partial charge in [-0.2, -0.15) is 0 Å². The Morgan fingerprint density at radius 3 is 2.44 bits per heavy atom. The molecule has 0 N–H and O–H groups in total. The van der Waals surface area contributed by atoms with Crippen molar-refractivity contribution in [3.05, 3.63) is 33.3 Å². The monoisotopic (exact) mass is 281 g/mol. The van der Waals surface area contributed by atoms with Crippen molar-refractivity contribution < 1.29 is 0 Å². The molecule has 1 unspecified atom stereocenters. The molecule has 1 nitrogen and oxygen atoms in total. The minimum absolute atomic E-state index is 0.752. The van der Waals surface area contributed by atoms with E-state index in [1.54, 1.807) is 0 Å². The van der Waals surface area contributed by atoms with E-state index in [9.17, 15) is 0 Å². The van der Waals surface area contributed by atoms with Gasteiger partial charge in [-0.1, -0.05) is 15.9 Å². The molecule has 0 bridgehead atoms. The maximum Gasteiger partial charge on any atom is 0.0241 e. The predicted molar refractivity (Wildman–Crippen MR) is 72.7 cm³/mol. The van der Waals surface area contributed by atoms with Crippen LogP contribution in [0.15, 0.2) is 16.6 Å². The van der Waals surface area contributed by atoms with Crippen LogP contribution in [0.2, 0.25) is 0 Å². The lowest BCUT2D eigenvalue weighted by Gasteiger charge is -2.23. The van der Waals surface area contributed by atoms with Gasteiger partial charge >= 0.3 is 0 Å². The zero-order valence-electron chi connectivity index (χ0n) is 10.4. The quantitative estimate of drug-likeness (QED) is 0.791. The third kappa shape index (κ3) is 2.49. The van der Waals surface area contributed by atoms with Crippen molar-refractivity contribution in [2.24, 2.45) is 0 Å². The Bertz CT molecular complexity index is 363. The van der Waals surface area contributed by atoms with Gasteiger partial charge in [-0.15, -0.1) is 0 Å². The molecule has 0 radical (unpaired) electrons. The first-order valence-corrected chi connectivity index (χ1v) is 6.87. The second-order valence-corrected chi connectivity index (χ2v) is 5.90. The summed E-state index contributed by atoms with van der Waals surface area (Å²) in [5.74, 6) is 0. The Labute approximate surface area is 107 Å². The van der Waals surface area contributed by atoms with Crippen LogP contribution in [-0.4, -0.2) is 17.5 Å². The molecule has 0 amide bonds. The molecule has 2 rings (SSSR count). The van der Waals surface area contributed by atoms with Gasteiger partial charge in [0.05, 0.1) is 0 Å². The highest BCUT2D eigenvalue weighted by Crippen LogP contribution is 2.25. The molecule has 0 spiro atoms. The molecule has 2 heteroatoms. The number of benzene rings is 1. The summed E-state index contributed by atoms with van der Waals surface area (Å²) in [6.45, 7) is 9.15. The maximum absolute atomic E-state index is 3.56. The lowest BCUT2D eigenvalue weighted by molar-refractivity contribution is 0.259. The van der Waals surface area contributed by atoms with Crippen molar-refractivity contribution in [1.29, 1.82) is 0 Å². The second-order valence-electron chi connectivity index (χ2n) is 4.98. The summed E-state index contributed by atoms with van der Waals surface area (Å²) in [5, 5.41) is 0. The van der Waals surface area contributed by atoms with Crippen LogP contribution in [0.4, 0.5) is 0 Å². The molecule has 0 aliphatic carbocycles. The van der Waals surface area contributed by atoms with Gasteiger partial charge < -0.3 is 0 Å². The van der Waals surface area contributed by atoms with E-state index >= 15 is 0 Å². The molecular formula is C14H20BrN.